The van der Waals surface area contributed by atoms with Crippen molar-refractivity contribution in [2.45, 2.75) is 45.3 Å². The first-order valence-electron chi connectivity index (χ1n) is 5.73. The second-order valence-electron chi connectivity index (χ2n) is 4.77. The summed E-state index contributed by atoms with van der Waals surface area (Å²) in [6, 6.07) is -0.441. The van der Waals surface area contributed by atoms with Gasteiger partial charge in [-0.15, -0.1) is 0 Å². The minimum Gasteiger partial charge on any atom is -0.393 e. The highest BCUT2D eigenvalue weighted by atomic mass is 16.3. The van der Waals surface area contributed by atoms with Crippen LogP contribution in [0.1, 0.15) is 33.1 Å². The van der Waals surface area contributed by atoms with Gasteiger partial charge in [-0.1, -0.05) is 20.3 Å². The maximum Gasteiger partial charge on any atom is 0.237 e. The van der Waals surface area contributed by atoms with E-state index in [0.717, 1.165) is 19.3 Å². The summed E-state index contributed by atoms with van der Waals surface area (Å²) >= 11 is 0. The minimum absolute atomic E-state index is 0.107. The van der Waals surface area contributed by atoms with Gasteiger partial charge >= 0.3 is 0 Å². The monoisotopic (exact) mass is 214 g/mol. The number of hydrogen-bond acceptors (Lipinski definition) is 3. The predicted octanol–water partition coefficient (Wildman–Crippen LogP) is 0.247. The van der Waals surface area contributed by atoms with Gasteiger partial charge in [0, 0.05) is 12.5 Å². The van der Waals surface area contributed by atoms with E-state index in [-0.39, 0.29) is 23.8 Å². The van der Waals surface area contributed by atoms with Gasteiger partial charge in [0.1, 0.15) is 0 Å². The number of nitrogens with one attached hydrogen (secondary N) is 1. The Kier molecular flexibility index (Phi) is 4.54. The molecule has 0 aromatic carbocycles. The summed E-state index contributed by atoms with van der Waals surface area (Å²) in [5.41, 5.74) is 5.70. The molecule has 1 saturated carbocycles. The maximum absolute atomic E-state index is 11.5. The highest BCUT2D eigenvalue weighted by Gasteiger charge is 2.26. The van der Waals surface area contributed by atoms with Crippen molar-refractivity contribution in [3.05, 3.63) is 0 Å². The fourth-order valence-corrected chi connectivity index (χ4v) is 1.91. The molecule has 3 atom stereocenters. The van der Waals surface area contributed by atoms with Gasteiger partial charge in [-0.25, -0.2) is 0 Å². The molecule has 0 saturated heterocycles. The summed E-state index contributed by atoms with van der Waals surface area (Å²) in [5, 5.41) is 12.4. The van der Waals surface area contributed by atoms with Crippen molar-refractivity contribution in [2.24, 2.45) is 17.6 Å². The lowest BCUT2D eigenvalue weighted by atomic mass is 10.0. The number of rotatable bonds is 4. The van der Waals surface area contributed by atoms with E-state index in [2.05, 4.69) is 5.32 Å². The molecule has 0 aliphatic heterocycles. The van der Waals surface area contributed by atoms with Crippen LogP contribution in [0, 0.1) is 11.8 Å². The van der Waals surface area contributed by atoms with Crippen molar-refractivity contribution in [3.8, 4) is 0 Å². The molecule has 1 aliphatic rings. The molecule has 1 amide bonds. The average molecular weight is 214 g/mol. The standard InChI is InChI=1S/C11H22N2O2/c1-7(2)10(12)11(15)13-6-8-4-3-5-9(8)14/h7-10,14H,3-6,12H2,1-2H3,(H,13,15)/t8?,9?,10-/m0/s1. The first-order chi connectivity index (χ1) is 7.02. The van der Waals surface area contributed by atoms with E-state index in [9.17, 15) is 9.90 Å². The van der Waals surface area contributed by atoms with E-state index >= 15 is 0 Å². The lowest BCUT2D eigenvalue weighted by molar-refractivity contribution is -0.123. The molecule has 88 valence electrons. The molecular weight excluding hydrogens is 192 g/mol. The fourth-order valence-electron chi connectivity index (χ4n) is 1.91. The minimum atomic E-state index is -0.441. The first kappa shape index (κ1) is 12.5. The lowest BCUT2D eigenvalue weighted by Crippen LogP contribution is -2.45. The van der Waals surface area contributed by atoms with Gasteiger partial charge in [0.05, 0.1) is 12.1 Å². The molecule has 0 radical (unpaired) electrons. The molecule has 0 spiro atoms. The van der Waals surface area contributed by atoms with Gasteiger partial charge in [0.15, 0.2) is 0 Å². The Hall–Kier alpha value is -0.610. The highest BCUT2D eigenvalue weighted by molar-refractivity contribution is 5.81. The van der Waals surface area contributed by atoms with Gasteiger partial charge in [0.2, 0.25) is 5.91 Å². The Bertz CT molecular complexity index is 219. The number of amides is 1. The molecular formula is C11H22N2O2. The van der Waals surface area contributed by atoms with Crippen LogP contribution in [-0.2, 0) is 4.79 Å². The molecule has 1 fully saturated rings. The van der Waals surface area contributed by atoms with E-state index in [1.54, 1.807) is 0 Å². The first-order valence-corrected chi connectivity index (χ1v) is 5.73. The van der Waals surface area contributed by atoms with E-state index in [1.165, 1.54) is 0 Å². The third-order valence-corrected chi connectivity index (χ3v) is 3.18. The highest BCUT2D eigenvalue weighted by Crippen LogP contribution is 2.24. The Balaban J connectivity index is 2.27. The molecule has 2 unspecified atom stereocenters. The molecule has 1 aliphatic carbocycles. The fraction of sp³-hybridized carbons (Fsp3) is 0.909. The van der Waals surface area contributed by atoms with Crippen molar-refractivity contribution >= 4 is 5.91 Å². The molecule has 1 rings (SSSR count). The van der Waals surface area contributed by atoms with Crippen LogP contribution in [-0.4, -0.2) is 29.7 Å². The van der Waals surface area contributed by atoms with Crippen LogP contribution in [0.3, 0.4) is 0 Å². The van der Waals surface area contributed by atoms with Gasteiger partial charge in [-0.05, 0) is 18.8 Å². The van der Waals surface area contributed by atoms with Crippen molar-refractivity contribution in [1.29, 1.82) is 0 Å². The zero-order valence-corrected chi connectivity index (χ0v) is 9.57. The van der Waals surface area contributed by atoms with Gasteiger partial charge in [0.25, 0.3) is 0 Å². The third-order valence-electron chi connectivity index (χ3n) is 3.18. The summed E-state index contributed by atoms with van der Waals surface area (Å²) in [6.07, 6.45) is 2.66. The number of hydrogen-bond donors (Lipinski definition) is 3. The van der Waals surface area contributed by atoms with Crippen LogP contribution < -0.4 is 11.1 Å². The Morgan fingerprint density at radius 3 is 2.67 bits per heavy atom. The topological polar surface area (TPSA) is 75.4 Å². The second-order valence-corrected chi connectivity index (χ2v) is 4.77. The Morgan fingerprint density at radius 1 is 1.53 bits per heavy atom. The van der Waals surface area contributed by atoms with E-state index < -0.39 is 6.04 Å². The summed E-state index contributed by atoms with van der Waals surface area (Å²) < 4.78 is 0. The Labute approximate surface area is 91.2 Å². The third kappa shape index (κ3) is 3.47. The average Bonchev–Trinajstić information content (AvgIpc) is 2.59. The number of aliphatic hydroxyl groups excluding tert-OH is 1. The van der Waals surface area contributed by atoms with Gasteiger partial charge in [-0.2, -0.15) is 0 Å². The number of carbonyl (C=O) groups excluding carboxylic acids is 1. The van der Waals surface area contributed by atoms with E-state index in [4.69, 9.17) is 5.73 Å². The normalized spacial score (nSPS) is 28.1. The van der Waals surface area contributed by atoms with Crippen molar-refractivity contribution in [2.75, 3.05) is 6.54 Å². The molecule has 0 heterocycles. The van der Waals surface area contributed by atoms with E-state index in [1.807, 2.05) is 13.8 Å². The van der Waals surface area contributed by atoms with E-state index in [0.29, 0.717) is 6.54 Å². The van der Waals surface area contributed by atoms with Gasteiger partial charge in [-0.3, -0.25) is 4.79 Å². The zero-order chi connectivity index (χ0) is 11.4. The Morgan fingerprint density at radius 2 is 2.20 bits per heavy atom. The van der Waals surface area contributed by atoms with Crippen LogP contribution in [0.2, 0.25) is 0 Å². The smallest absolute Gasteiger partial charge is 0.237 e. The maximum atomic E-state index is 11.5. The second kappa shape index (κ2) is 5.47. The van der Waals surface area contributed by atoms with Crippen molar-refractivity contribution in [1.82, 2.24) is 5.32 Å². The van der Waals surface area contributed by atoms with Crippen LogP contribution in [0.5, 0.6) is 0 Å². The summed E-state index contributed by atoms with van der Waals surface area (Å²) in [6.45, 7) is 4.41. The number of aliphatic hydroxyl groups is 1. The van der Waals surface area contributed by atoms with Crippen LogP contribution in [0.25, 0.3) is 0 Å². The number of carbonyl (C=O) groups is 1. The summed E-state index contributed by atoms with van der Waals surface area (Å²) in [5.74, 6) is 0.260. The SMILES string of the molecule is CC(C)[C@H](N)C(=O)NCC1CCCC1O. The molecule has 4 N–H and O–H groups in total. The molecule has 0 bridgehead atoms. The van der Waals surface area contributed by atoms with Crippen molar-refractivity contribution in [3.63, 3.8) is 0 Å². The quantitative estimate of drug-likeness (QED) is 0.628. The molecule has 15 heavy (non-hydrogen) atoms. The van der Waals surface area contributed by atoms with Gasteiger partial charge < -0.3 is 16.2 Å². The molecule has 4 heteroatoms. The molecule has 4 nitrogen and oxygen atoms in total. The summed E-state index contributed by atoms with van der Waals surface area (Å²) in [4.78, 5) is 11.5. The number of nitrogens with two attached hydrogens (primary N) is 1. The largest absolute Gasteiger partial charge is 0.393 e. The molecule has 0 aromatic rings. The lowest BCUT2D eigenvalue weighted by Gasteiger charge is -2.19. The zero-order valence-electron chi connectivity index (χ0n) is 9.57. The van der Waals surface area contributed by atoms with Crippen LogP contribution in [0.15, 0.2) is 0 Å². The van der Waals surface area contributed by atoms with Crippen LogP contribution >= 0.6 is 0 Å². The molecule has 0 aromatic heterocycles. The summed E-state index contributed by atoms with van der Waals surface area (Å²) in [7, 11) is 0. The van der Waals surface area contributed by atoms with Crippen LogP contribution in [0.4, 0.5) is 0 Å². The predicted molar refractivity (Wildman–Crippen MR) is 59.2 cm³/mol. The van der Waals surface area contributed by atoms with Crippen molar-refractivity contribution < 1.29 is 9.90 Å².